The van der Waals surface area contributed by atoms with E-state index in [1.165, 1.54) is 6.07 Å². The first-order valence-electron chi connectivity index (χ1n) is 10.7. The van der Waals surface area contributed by atoms with Gasteiger partial charge in [0.25, 0.3) is 0 Å². The smallest absolute Gasteiger partial charge is 0.317 e. The Morgan fingerprint density at radius 3 is 2.58 bits per heavy atom. The number of H-pyrrole nitrogens is 1. The maximum Gasteiger partial charge on any atom is 0.325 e. The van der Waals surface area contributed by atoms with Gasteiger partial charge in [0.05, 0.1) is 18.3 Å². The maximum absolute atomic E-state index is 14.1. The van der Waals surface area contributed by atoms with E-state index in [0.717, 1.165) is 48.3 Å². The number of nitrogens with one attached hydrogen (secondary N) is 2. The molecular formula is C24H26FN5O. The molecule has 3 heterocycles. The molecule has 0 bridgehead atoms. The van der Waals surface area contributed by atoms with E-state index >= 15 is 0 Å². The Balaban J connectivity index is 1.46. The van der Waals surface area contributed by atoms with Crippen molar-refractivity contribution in [2.75, 3.05) is 24.5 Å². The van der Waals surface area contributed by atoms with Gasteiger partial charge in [-0.15, -0.1) is 0 Å². The number of aromatic amines is 1. The van der Waals surface area contributed by atoms with E-state index in [1.807, 2.05) is 46.3 Å². The fourth-order valence-electron chi connectivity index (χ4n) is 4.79. The second-order valence-electron chi connectivity index (χ2n) is 8.49. The second kappa shape index (κ2) is 7.81. The molecule has 160 valence electrons. The summed E-state index contributed by atoms with van der Waals surface area (Å²) in [6.07, 6.45) is 5.40. The average Bonchev–Trinajstić information content (AvgIpc) is 3.41. The van der Waals surface area contributed by atoms with Gasteiger partial charge in [0, 0.05) is 24.0 Å². The van der Waals surface area contributed by atoms with E-state index in [-0.39, 0.29) is 17.4 Å². The minimum absolute atomic E-state index is 0.0124. The molecule has 3 aromatic rings. The van der Waals surface area contributed by atoms with Gasteiger partial charge in [-0.3, -0.25) is 10.00 Å². The number of carbonyl (C=O) groups is 1. The van der Waals surface area contributed by atoms with E-state index in [4.69, 9.17) is 0 Å². The number of piperidine rings is 1. The number of halogens is 1. The highest BCUT2D eigenvalue weighted by molar-refractivity contribution is 5.95. The van der Waals surface area contributed by atoms with Crippen molar-refractivity contribution in [3.05, 3.63) is 71.8 Å². The third-order valence-corrected chi connectivity index (χ3v) is 6.74. The predicted molar refractivity (Wildman–Crippen MR) is 118 cm³/mol. The molecule has 0 aliphatic carbocycles. The molecule has 2 aliphatic heterocycles. The van der Waals surface area contributed by atoms with E-state index < -0.39 is 0 Å². The zero-order valence-corrected chi connectivity index (χ0v) is 17.6. The summed E-state index contributed by atoms with van der Waals surface area (Å²) < 4.78 is 14.1. The molecular weight excluding hydrogens is 393 g/mol. The number of hydrogen-bond donors (Lipinski definition) is 2. The van der Waals surface area contributed by atoms with Crippen molar-refractivity contribution in [2.45, 2.75) is 31.8 Å². The number of anilines is 1. The first kappa shape index (κ1) is 19.8. The molecule has 7 heteroatoms. The molecule has 31 heavy (non-hydrogen) atoms. The topological polar surface area (TPSA) is 64.3 Å². The van der Waals surface area contributed by atoms with Crippen molar-refractivity contribution in [1.29, 1.82) is 0 Å². The van der Waals surface area contributed by atoms with Gasteiger partial charge >= 0.3 is 6.03 Å². The van der Waals surface area contributed by atoms with Crippen molar-refractivity contribution >= 4 is 11.7 Å². The SMILES string of the molecule is Cc1c(F)cccc1CN1C(=O)N(c2ccc(-c3cn[nH]c3)cc2)CC12CCNCC2. The third-order valence-electron chi connectivity index (χ3n) is 6.74. The lowest BCUT2D eigenvalue weighted by atomic mass is 9.87. The van der Waals surface area contributed by atoms with Crippen LogP contribution in [0.2, 0.25) is 0 Å². The highest BCUT2D eigenvalue weighted by Crippen LogP contribution is 2.38. The minimum atomic E-state index is -0.246. The molecule has 1 spiro atoms. The molecule has 1 aromatic heterocycles. The van der Waals surface area contributed by atoms with Crippen molar-refractivity contribution < 1.29 is 9.18 Å². The van der Waals surface area contributed by atoms with Crippen LogP contribution in [0.15, 0.2) is 54.9 Å². The van der Waals surface area contributed by atoms with Crippen LogP contribution in [0.5, 0.6) is 0 Å². The largest absolute Gasteiger partial charge is 0.325 e. The Morgan fingerprint density at radius 1 is 1.10 bits per heavy atom. The molecule has 2 fully saturated rings. The Bertz CT molecular complexity index is 1070. The minimum Gasteiger partial charge on any atom is -0.317 e. The zero-order chi connectivity index (χ0) is 21.4. The molecule has 0 atom stereocenters. The summed E-state index contributed by atoms with van der Waals surface area (Å²) in [6.45, 7) is 4.60. The highest BCUT2D eigenvalue weighted by Gasteiger charge is 2.50. The van der Waals surface area contributed by atoms with Gasteiger partial charge in [-0.05, 0) is 67.7 Å². The number of hydrogen-bond acceptors (Lipinski definition) is 3. The maximum atomic E-state index is 14.1. The van der Waals surface area contributed by atoms with Crippen LogP contribution in [-0.2, 0) is 6.54 Å². The van der Waals surface area contributed by atoms with Crippen molar-refractivity contribution in [1.82, 2.24) is 20.4 Å². The molecule has 2 amide bonds. The predicted octanol–water partition coefficient (Wildman–Crippen LogP) is 4.09. The third kappa shape index (κ3) is 3.49. The fourth-order valence-corrected chi connectivity index (χ4v) is 4.79. The zero-order valence-electron chi connectivity index (χ0n) is 17.6. The summed E-state index contributed by atoms with van der Waals surface area (Å²) in [4.78, 5) is 17.5. The van der Waals surface area contributed by atoms with Crippen LogP contribution in [0.4, 0.5) is 14.9 Å². The summed E-state index contributed by atoms with van der Waals surface area (Å²) >= 11 is 0. The summed E-state index contributed by atoms with van der Waals surface area (Å²) in [5.41, 5.74) is 4.18. The van der Waals surface area contributed by atoms with Gasteiger partial charge in [-0.2, -0.15) is 5.10 Å². The monoisotopic (exact) mass is 419 g/mol. The lowest BCUT2D eigenvalue weighted by Crippen LogP contribution is -2.53. The van der Waals surface area contributed by atoms with Crippen molar-refractivity contribution in [3.63, 3.8) is 0 Å². The Kier molecular flexibility index (Phi) is 4.98. The van der Waals surface area contributed by atoms with Crippen LogP contribution in [-0.4, -0.2) is 46.3 Å². The van der Waals surface area contributed by atoms with Gasteiger partial charge in [0.15, 0.2) is 0 Å². The first-order chi connectivity index (χ1) is 15.1. The molecule has 2 saturated heterocycles. The quantitative estimate of drug-likeness (QED) is 0.670. The summed E-state index contributed by atoms with van der Waals surface area (Å²) in [5, 5.41) is 10.2. The van der Waals surface area contributed by atoms with Crippen molar-refractivity contribution in [2.24, 2.45) is 0 Å². The van der Waals surface area contributed by atoms with E-state index in [1.54, 1.807) is 19.2 Å². The van der Waals surface area contributed by atoms with Crippen LogP contribution in [0.25, 0.3) is 11.1 Å². The van der Waals surface area contributed by atoms with Gasteiger partial charge in [-0.25, -0.2) is 9.18 Å². The molecule has 5 rings (SSSR count). The lowest BCUT2D eigenvalue weighted by Gasteiger charge is -2.40. The number of rotatable bonds is 4. The van der Waals surface area contributed by atoms with Gasteiger partial charge in [0.1, 0.15) is 5.82 Å². The normalized spacial score (nSPS) is 18.2. The molecule has 2 aliphatic rings. The highest BCUT2D eigenvalue weighted by atomic mass is 19.1. The number of urea groups is 1. The Morgan fingerprint density at radius 2 is 1.87 bits per heavy atom. The summed E-state index contributed by atoms with van der Waals surface area (Å²) in [5.74, 6) is -0.227. The molecule has 0 saturated carbocycles. The van der Waals surface area contributed by atoms with Crippen LogP contribution in [0.3, 0.4) is 0 Å². The standard InChI is InChI=1S/C24H26FN5O/c1-17-19(3-2-4-22(17)25)15-30-23(31)29(16-24(30)9-11-26-12-10-24)21-7-5-18(6-8-21)20-13-27-28-14-20/h2-8,13-14,26H,9-12,15-16H2,1H3,(H,27,28). The Hall–Kier alpha value is -3.19. The number of aromatic nitrogens is 2. The number of carbonyl (C=O) groups excluding carboxylic acids is 1. The number of benzene rings is 2. The van der Waals surface area contributed by atoms with E-state index in [9.17, 15) is 9.18 Å². The average molecular weight is 420 g/mol. The molecule has 2 N–H and O–H groups in total. The molecule has 0 unspecified atom stereocenters. The summed E-state index contributed by atoms with van der Waals surface area (Å²) in [7, 11) is 0. The van der Waals surface area contributed by atoms with Crippen LogP contribution in [0.1, 0.15) is 24.0 Å². The molecule has 0 radical (unpaired) electrons. The second-order valence-corrected chi connectivity index (χ2v) is 8.49. The van der Waals surface area contributed by atoms with Gasteiger partial charge < -0.3 is 10.2 Å². The van der Waals surface area contributed by atoms with Gasteiger partial charge in [0.2, 0.25) is 0 Å². The van der Waals surface area contributed by atoms with Crippen LogP contribution < -0.4 is 10.2 Å². The number of nitrogens with zero attached hydrogens (tertiary/aromatic N) is 3. The van der Waals surface area contributed by atoms with E-state index in [2.05, 4.69) is 15.5 Å². The first-order valence-corrected chi connectivity index (χ1v) is 10.7. The number of amides is 2. The van der Waals surface area contributed by atoms with Crippen LogP contribution in [0, 0.1) is 12.7 Å². The lowest BCUT2D eigenvalue weighted by molar-refractivity contribution is 0.119. The van der Waals surface area contributed by atoms with Crippen LogP contribution >= 0.6 is 0 Å². The van der Waals surface area contributed by atoms with Crippen molar-refractivity contribution in [3.8, 4) is 11.1 Å². The molecule has 2 aromatic carbocycles. The van der Waals surface area contributed by atoms with Gasteiger partial charge in [-0.1, -0.05) is 24.3 Å². The fraction of sp³-hybridized carbons (Fsp3) is 0.333. The summed E-state index contributed by atoms with van der Waals surface area (Å²) in [6, 6.07) is 13.1. The molecule has 6 nitrogen and oxygen atoms in total. The Labute approximate surface area is 181 Å². The van der Waals surface area contributed by atoms with E-state index in [0.29, 0.717) is 18.7 Å².